The smallest absolute Gasteiger partial charge is 0.336 e. The van der Waals surface area contributed by atoms with Gasteiger partial charge in [-0.3, -0.25) is 9.69 Å². The van der Waals surface area contributed by atoms with E-state index in [0.717, 1.165) is 22.3 Å². The lowest BCUT2D eigenvalue weighted by molar-refractivity contribution is -0.142. The van der Waals surface area contributed by atoms with E-state index in [4.69, 9.17) is 9.15 Å². The van der Waals surface area contributed by atoms with Crippen LogP contribution < -0.4 is 15.7 Å². The molecule has 1 aliphatic heterocycles. The molecule has 3 amide bonds. The summed E-state index contributed by atoms with van der Waals surface area (Å²) < 4.78 is 10.6. The number of benzene rings is 1. The first-order chi connectivity index (χ1) is 15.0. The molecule has 2 aliphatic rings. The van der Waals surface area contributed by atoms with Crippen molar-refractivity contribution >= 4 is 28.9 Å². The third-order valence-electron chi connectivity index (χ3n) is 6.33. The van der Waals surface area contributed by atoms with Crippen LogP contribution in [-0.2, 0) is 16.0 Å². The van der Waals surface area contributed by atoms with Crippen LogP contribution in [0.4, 0.5) is 4.79 Å². The van der Waals surface area contributed by atoms with Gasteiger partial charge in [0, 0.05) is 17.5 Å². The van der Waals surface area contributed by atoms with Gasteiger partial charge >= 0.3 is 17.6 Å². The summed E-state index contributed by atoms with van der Waals surface area (Å²) in [6, 6.07) is 5.64. The SMILES string of the molecule is CCc1cc(=O)oc2cc(OC(=O)CN3C(=O)NC4(CC(C)CC(C)(C)C4)C3=O)ccc12. The largest absolute Gasteiger partial charge is 0.425 e. The third kappa shape index (κ3) is 4.01. The van der Waals surface area contributed by atoms with Gasteiger partial charge in [0.05, 0.1) is 0 Å². The number of carbonyl (C=O) groups is 3. The number of nitrogens with one attached hydrogen (secondary N) is 1. The molecule has 2 aromatic rings. The van der Waals surface area contributed by atoms with Gasteiger partial charge < -0.3 is 14.5 Å². The Balaban J connectivity index is 1.50. The van der Waals surface area contributed by atoms with Crippen LogP contribution in [0.2, 0.25) is 0 Å². The summed E-state index contributed by atoms with van der Waals surface area (Å²) in [7, 11) is 0. The molecule has 2 fully saturated rings. The van der Waals surface area contributed by atoms with E-state index in [-0.39, 0.29) is 23.0 Å². The third-order valence-corrected chi connectivity index (χ3v) is 6.33. The average molecular weight is 440 g/mol. The molecule has 1 aromatic carbocycles. The van der Waals surface area contributed by atoms with Crippen LogP contribution in [-0.4, -0.2) is 34.9 Å². The summed E-state index contributed by atoms with van der Waals surface area (Å²) in [5, 5.41) is 3.61. The monoisotopic (exact) mass is 440 g/mol. The number of ether oxygens (including phenoxy) is 1. The van der Waals surface area contributed by atoms with E-state index in [0.29, 0.717) is 24.8 Å². The van der Waals surface area contributed by atoms with E-state index in [2.05, 4.69) is 26.1 Å². The molecule has 1 saturated heterocycles. The molecule has 1 aromatic heterocycles. The summed E-state index contributed by atoms with van der Waals surface area (Å²) in [5.41, 5.74) is -0.396. The highest BCUT2D eigenvalue weighted by Gasteiger charge is 2.56. The Morgan fingerprint density at radius 1 is 1.22 bits per heavy atom. The molecule has 32 heavy (non-hydrogen) atoms. The van der Waals surface area contributed by atoms with Crippen LogP contribution in [0, 0.1) is 11.3 Å². The van der Waals surface area contributed by atoms with Crippen LogP contribution in [0.25, 0.3) is 11.0 Å². The molecular weight excluding hydrogens is 412 g/mol. The molecule has 1 saturated carbocycles. The number of amides is 3. The maximum atomic E-state index is 13.2. The maximum Gasteiger partial charge on any atom is 0.336 e. The minimum Gasteiger partial charge on any atom is -0.425 e. The fraction of sp³-hybridized carbons (Fsp3) is 0.500. The highest BCUT2D eigenvalue weighted by molar-refractivity contribution is 6.09. The molecule has 0 radical (unpaired) electrons. The predicted molar refractivity (Wildman–Crippen MR) is 117 cm³/mol. The molecule has 1 spiro atoms. The first-order valence-electron chi connectivity index (χ1n) is 10.9. The molecule has 2 unspecified atom stereocenters. The Kier molecular flexibility index (Phi) is 5.35. The molecule has 8 nitrogen and oxygen atoms in total. The van der Waals surface area contributed by atoms with Gasteiger partial charge in [0.1, 0.15) is 23.4 Å². The molecule has 2 atom stereocenters. The molecule has 2 heterocycles. The summed E-state index contributed by atoms with van der Waals surface area (Å²) in [5.74, 6) is -0.679. The molecular formula is C24H28N2O6. The fourth-order valence-electron chi connectivity index (χ4n) is 5.51. The van der Waals surface area contributed by atoms with Gasteiger partial charge in [-0.25, -0.2) is 14.4 Å². The lowest BCUT2D eigenvalue weighted by Crippen LogP contribution is -2.54. The number of aryl methyl sites for hydroxylation is 1. The second-order valence-corrected chi connectivity index (χ2v) is 9.83. The number of nitrogens with zero attached hydrogens (tertiary/aromatic N) is 1. The number of rotatable bonds is 4. The number of urea groups is 1. The van der Waals surface area contributed by atoms with E-state index in [1.807, 2.05) is 6.92 Å². The normalized spacial score (nSPS) is 24.8. The average Bonchev–Trinajstić information content (AvgIpc) is 2.88. The van der Waals surface area contributed by atoms with E-state index >= 15 is 0 Å². The van der Waals surface area contributed by atoms with Gasteiger partial charge in [0.15, 0.2) is 0 Å². The Morgan fingerprint density at radius 2 is 1.97 bits per heavy atom. The quantitative estimate of drug-likeness (QED) is 0.338. The predicted octanol–water partition coefficient (Wildman–Crippen LogP) is 3.40. The first-order valence-corrected chi connectivity index (χ1v) is 10.9. The van der Waals surface area contributed by atoms with Gasteiger partial charge in [-0.05, 0) is 54.7 Å². The Morgan fingerprint density at radius 3 is 2.66 bits per heavy atom. The molecule has 1 N–H and O–H groups in total. The van der Waals surface area contributed by atoms with Crippen LogP contribution >= 0.6 is 0 Å². The van der Waals surface area contributed by atoms with Crippen molar-refractivity contribution in [3.63, 3.8) is 0 Å². The van der Waals surface area contributed by atoms with E-state index in [1.165, 1.54) is 12.1 Å². The Labute approximate surface area is 185 Å². The Hall–Kier alpha value is -3.16. The summed E-state index contributed by atoms with van der Waals surface area (Å²) >= 11 is 0. The zero-order valence-corrected chi connectivity index (χ0v) is 18.8. The zero-order chi connectivity index (χ0) is 23.3. The second kappa shape index (κ2) is 7.76. The van der Waals surface area contributed by atoms with Gasteiger partial charge in [-0.2, -0.15) is 0 Å². The fourth-order valence-corrected chi connectivity index (χ4v) is 5.51. The minimum atomic E-state index is -0.971. The van der Waals surface area contributed by atoms with Gasteiger partial charge in [0.25, 0.3) is 5.91 Å². The van der Waals surface area contributed by atoms with Gasteiger partial charge in [-0.1, -0.05) is 27.7 Å². The standard InChI is InChI=1S/C24H28N2O6/c1-5-15-8-19(27)32-18-9-16(6-7-17(15)18)31-20(28)12-26-21(29)24(25-22(26)30)11-14(2)10-23(3,4)13-24/h6-9,14H,5,10-13H2,1-4H3,(H,25,30). The number of hydrogen-bond acceptors (Lipinski definition) is 6. The van der Waals surface area contributed by atoms with Gasteiger partial charge in [0.2, 0.25) is 0 Å². The first kappa shape index (κ1) is 22.0. The van der Waals surface area contributed by atoms with E-state index in [9.17, 15) is 19.2 Å². The number of esters is 1. The van der Waals surface area contributed by atoms with Crippen molar-refractivity contribution in [1.29, 1.82) is 0 Å². The topological polar surface area (TPSA) is 106 Å². The molecule has 0 bridgehead atoms. The van der Waals surface area contributed by atoms with Crippen molar-refractivity contribution in [3.8, 4) is 5.75 Å². The highest BCUT2D eigenvalue weighted by Crippen LogP contribution is 2.46. The number of fused-ring (bicyclic) bond motifs is 1. The number of imide groups is 1. The van der Waals surface area contributed by atoms with Crippen LogP contribution in [0.5, 0.6) is 5.75 Å². The second-order valence-electron chi connectivity index (χ2n) is 9.83. The van der Waals surface area contributed by atoms with Crippen molar-refractivity contribution in [2.75, 3.05) is 6.54 Å². The lowest BCUT2D eigenvalue weighted by atomic mass is 9.64. The van der Waals surface area contributed by atoms with Crippen molar-refractivity contribution < 1.29 is 23.5 Å². The highest BCUT2D eigenvalue weighted by atomic mass is 16.5. The van der Waals surface area contributed by atoms with Gasteiger partial charge in [-0.15, -0.1) is 0 Å². The molecule has 170 valence electrons. The maximum absolute atomic E-state index is 13.2. The Bertz CT molecular complexity index is 1170. The van der Waals surface area contributed by atoms with Crippen LogP contribution in [0.1, 0.15) is 52.5 Å². The van der Waals surface area contributed by atoms with Crippen molar-refractivity contribution in [3.05, 3.63) is 40.2 Å². The van der Waals surface area contributed by atoms with Crippen molar-refractivity contribution in [2.45, 2.75) is 58.9 Å². The zero-order valence-electron chi connectivity index (χ0n) is 18.8. The molecule has 4 rings (SSSR count). The summed E-state index contributed by atoms with van der Waals surface area (Å²) in [6.07, 6.45) is 2.71. The molecule has 1 aliphatic carbocycles. The lowest BCUT2D eigenvalue weighted by Gasteiger charge is -2.43. The van der Waals surface area contributed by atoms with Crippen LogP contribution in [0.15, 0.2) is 33.5 Å². The molecule has 8 heteroatoms. The van der Waals surface area contributed by atoms with Crippen LogP contribution in [0.3, 0.4) is 0 Å². The van der Waals surface area contributed by atoms with Crippen molar-refractivity contribution in [1.82, 2.24) is 10.2 Å². The summed E-state index contributed by atoms with van der Waals surface area (Å²) in [4.78, 5) is 51.0. The number of carbonyl (C=O) groups excluding carboxylic acids is 3. The summed E-state index contributed by atoms with van der Waals surface area (Å²) in [6.45, 7) is 7.69. The number of hydrogen-bond donors (Lipinski definition) is 1. The van der Waals surface area contributed by atoms with E-state index in [1.54, 1.807) is 12.1 Å². The van der Waals surface area contributed by atoms with E-state index < -0.39 is 29.7 Å². The van der Waals surface area contributed by atoms with Crippen molar-refractivity contribution in [2.24, 2.45) is 11.3 Å². The minimum absolute atomic E-state index is 0.0938.